The highest BCUT2D eigenvalue weighted by molar-refractivity contribution is 5.35. The van der Waals surface area contributed by atoms with Crippen LogP contribution in [0.1, 0.15) is 12.0 Å². The maximum Gasteiger partial charge on any atom is 0.263 e. The van der Waals surface area contributed by atoms with Gasteiger partial charge < -0.3 is 4.57 Å². The highest BCUT2D eigenvalue weighted by atomic mass is 19.3. The number of halogens is 2. The monoisotopic (exact) mass is 193 g/mol. The predicted octanol–water partition coefficient (Wildman–Crippen LogP) is 3.41. The average Bonchev–Trinajstić information content (AvgIpc) is 2.71. The smallest absolute Gasteiger partial charge is 0.263 e. The summed E-state index contributed by atoms with van der Waals surface area (Å²) in [5.74, 6) is 0. The van der Waals surface area contributed by atoms with Gasteiger partial charge in [-0.3, -0.25) is 0 Å². The molecule has 0 amide bonds. The van der Waals surface area contributed by atoms with Gasteiger partial charge in [0.1, 0.15) is 0 Å². The van der Waals surface area contributed by atoms with Crippen molar-refractivity contribution in [2.45, 2.75) is 6.43 Å². The lowest BCUT2D eigenvalue weighted by molar-refractivity contribution is 0.151. The van der Waals surface area contributed by atoms with Crippen molar-refractivity contribution in [3.05, 3.63) is 54.4 Å². The average molecular weight is 193 g/mol. The van der Waals surface area contributed by atoms with Crippen LogP contribution in [-0.4, -0.2) is 4.57 Å². The maximum absolute atomic E-state index is 12.2. The third kappa shape index (κ3) is 1.66. The molecule has 0 atom stereocenters. The van der Waals surface area contributed by atoms with Crippen molar-refractivity contribution in [3.8, 4) is 5.69 Å². The molecule has 72 valence electrons. The Balaban J connectivity index is 2.31. The minimum Gasteiger partial charge on any atom is -0.324 e. The third-order valence-electron chi connectivity index (χ3n) is 2.05. The van der Waals surface area contributed by atoms with Gasteiger partial charge >= 0.3 is 0 Å². The summed E-state index contributed by atoms with van der Waals surface area (Å²) in [6.45, 7) is 0. The van der Waals surface area contributed by atoms with Crippen LogP contribution >= 0.6 is 0 Å². The van der Waals surface area contributed by atoms with Gasteiger partial charge in [0.25, 0.3) is 6.43 Å². The Morgan fingerprint density at radius 3 is 2.00 bits per heavy atom. The van der Waals surface area contributed by atoms with E-state index in [1.54, 1.807) is 12.1 Å². The van der Waals surface area contributed by atoms with Crippen LogP contribution < -0.4 is 0 Å². The molecule has 2 aromatic rings. The van der Waals surface area contributed by atoms with E-state index >= 15 is 0 Å². The number of hydrogen-bond acceptors (Lipinski definition) is 0. The van der Waals surface area contributed by atoms with Gasteiger partial charge in [0.15, 0.2) is 0 Å². The zero-order valence-corrected chi connectivity index (χ0v) is 7.40. The number of benzene rings is 1. The molecule has 0 saturated carbocycles. The lowest BCUT2D eigenvalue weighted by Crippen LogP contribution is -1.90. The fourth-order valence-corrected chi connectivity index (χ4v) is 1.30. The van der Waals surface area contributed by atoms with Crippen molar-refractivity contribution in [1.29, 1.82) is 0 Å². The first kappa shape index (κ1) is 8.94. The summed E-state index contributed by atoms with van der Waals surface area (Å²) in [5.41, 5.74) is 0.945. The minimum atomic E-state index is -2.39. The topological polar surface area (TPSA) is 4.93 Å². The van der Waals surface area contributed by atoms with Crippen LogP contribution in [0.3, 0.4) is 0 Å². The van der Waals surface area contributed by atoms with Crippen LogP contribution in [0.2, 0.25) is 0 Å². The normalized spacial score (nSPS) is 10.8. The van der Waals surface area contributed by atoms with Gasteiger partial charge in [0, 0.05) is 23.6 Å². The summed E-state index contributed by atoms with van der Waals surface area (Å²) in [7, 11) is 0. The van der Waals surface area contributed by atoms with Gasteiger partial charge in [-0.25, -0.2) is 8.78 Å². The Morgan fingerprint density at radius 1 is 0.929 bits per heavy atom. The second-order valence-electron chi connectivity index (χ2n) is 2.98. The number of rotatable bonds is 2. The maximum atomic E-state index is 12.2. The SMILES string of the molecule is FC(F)c1ccc(-n2cccc2)cc1. The molecule has 1 heterocycles. The van der Waals surface area contributed by atoms with Crippen LogP contribution in [0.4, 0.5) is 8.78 Å². The molecule has 0 aliphatic carbocycles. The van der Waals surface area contributed by atoms with E-state index in [1.807, 2.05) is 29.1 Å². The Labute approximate surface area is 80.6 Å². The lowest BCUT2D eigenvalue weighted by atomic mass is 10.2. The summed E-state index contributed by atoms with van der Waals surface area (Å²) >= 11 is 0. The van der Waals surface area contributed by atoms with E-state index in [-0.39, 0.29) is 5.56 Å². The fraction of sp³-hybridized carbons (Fsp3) is 0.0909. The van der Waals surface area contributed by atoms with E-state index in [0.29, 0.717) is 0 Å². The van der Waals surface area contributed by atoms with Crippen LogP contribution in [0, 0.1) is 0 Å². The molecule has 0 fully saturated rings. The third-order valence-corrected chi connectivity index (χ3v) is 2.05. The van der Waals surface area contributed by atoms with Crippen molar-refractivity contribution in [2.24, 2.45) is 0 Å². The summed E-state index contributed by atoms with van der Waals surface area (Å²) in [5, 5.41) is 0. The largest absolute Gasteiger partial charge is 0.324 e. The molecule has 0 radical (unpaired) electrons. The van der Waals surface area contributed by atoms with Gasteiger partial charge in [-0.2, -0.15) is 0 Å². The van der Waals surface area contributed by atoms with Crippen molar-refractivity contribution in [3.63, 3.8) is 0 Å². The molecule has 3 heteroatoms. The summed E-state index contributed by atoms with van der Waals surface area (Å²) in [6.07, 6.45) is 1.35. The van der Waals surface area contributed by atoms with E-state index in [4.69, 9.17) is 0 Å². The summed E-state index contributed by atoms with van der Waals surface area (Å²) < 4.78 is 26.3. The van der Waals surface area contributed by atoms with Gasteiger partial charge in [-0.1, -0.05) is 12.1 Å². The first-order chi connectivity index (χ1) is 6.77. The van der Waals surface area contributed by atoms with E-state index in [2.05, 4.69) is 0 Å². The van der Waals surface area contributed by atoms with Crippen LogP contribution in [-0.2, 0) is 0 Å². The standard InChI is InChI=1S/C11H9F2N/c12-11(13)9-3-5-10(6-4-9)14-7-1-2-8-14/h1-8,11H. The van der Waals surface area contributed by atoms with E-state index in [1.165, 1.54) is 12.1 Å². The van der Waals surface area contributed by atoms with Gasteiger partial charge in [0.05, 0.1) is 0 Å². The molecule has 0 aliphatic rings. The molecular formula is C11H9F2N. The highest BCUT2D eigenvalue weighted by Gasteiger charge is 2.05. The predicted molar refractivity (Wildman–Crippen MR) is 50.7 cm³/mol. The van der Waals surface area contributed by atoms with Crippen LogP contribution in [0.25, 0.3) is 5.69 Å². The first-order valence-corrected chi connectivity index (χ1v) is 4.29. The van der Waals surface area contributed by atoms with E-state index in [9.17, 15) is 8.78 Å². The molecule has 2 rings (SSSR count). The summed E-state index contributed by atoms with van der Waals surface area (Å²) in [4.78, 5) is 0. The molecule has 14 heavy (non-hydrogen) atoms. The molecule has 0 spiro atoms. The second-order valence-corrected chi connectivity index (χ2v) is 2.98. The van der Waals surface area contributed by atoms with Gasteiger partial charge in [-0.05, 0) is 24.3 Å². The fourth-order valence-electron chi connectivity index (χ4n) is 1.30. The zero-order valence-electron chi connectivity index (χ0n) is 7.40. The van der Waals surface area contributed by atoms with Crippen LogP contribution in [0.5, 0.6) is 0 Å². The molecule has 0 N–H and O–H groups in total. The molecule has 1 aromatic heterocycles. The molecule has 1 aromatic carbocycles. The van der Waals surface area contributed by atoms with Gasteiger partial charge in [-0.15, -0.1) is 0 Å². The lowest BCUT2D eigenvalue weighted by Gasteiger charge is -2.04. The Morgan fingerprint density at radius 2 is 1.50 bits per heavy atom. The molecular weight excluding hydrogens is 184 g/mol. The molecule has 1 nitrogen and oxygen atoms in total. The Hall–Kier alpha value is -1.64. The van der Waals surface area contributed by atoms with Gasteiger partial charge in [0.2, 0.25) is 0 Å². The molecule has 0 aliphatic heterocycles. The minimum absolute atomic E-state index is 0.0564. The quantitative estimate of drug-likeness (QED) is 0.688. The number of hydrogen-bond donors (Lipinski definition) is 0. The molecule has 0 unspecified atom stereocenters. The molecule has 0 saturated heterocycles. The van der Waals surface area contributed by atoms with E-state index in [0.717, 1.165) is 5.69 Å². The first-order valence-electron chi connectivity index (χ1n) is 4.29. The number of aromatic nitrogens is 1. The summed E-state index contributed by atoms with van der Waals surface area (Å²) in [6, 6.07) is 10.0. The Bertz CT molecular complexity index is 390. The van der Waals surface area contributed by atoms with Crippen LogP contribution in [0.15, 0.2) is 48.8 Å². The van der Waals surface area contributed by atoms with Crippen molar-refractivity contribution in [1.82, 2.24) is 4.57 Å². The number of alkyl halides is 2. The van der Waals surface area contributed by atoms with Crippen molar-refractivity contribution < 1.29 is 8.78 Å². The highest BCUT2D eigenvalue weighted by Crippen LogP contribution is 2.19. The number of nitrogens with zero attached hydrogens (tertiary/aromatic N) is 1. The molecule has 0 bridgehead atoms. The van der Waals surface area contributed by atoms with E-state index < -0.39 is 6.43 Å². The van der Waals surface area contributed by atoms with Crippen molar-refractivity contribution >= 4 is 0 Å². The Kier molecular flexibility index (Phi) is 2.31. The van der Waals surface area contributed by atoms with Crippen molar-refractivity contribution in [2.75, 3.05) is 0 Å². The zero-order chi connectivity index (χ0) is 9.97. The second kappa shape index (κ2) is 3.62.